The van der Waals surface area contributed by atoms with Gasteiger partial charge >= 0.3 is 23.1 Å². The Labute approximate surface area is 76.4 Å². The summed E-state index contributed by atoms with van der Waals surface area (Å²) in [6, 6.07) is 8.50. The summed E-state index contributed by atoms with van der Waals surface area (Å²) in [4.78, 5) is 0. The van der Waals surface area contributed by atoms with E-state index >= 15 is 0 Å². The van der Waals surface area contributed by atoms with Gasteiger partial charge in [0.2, 0.25) is 0 Å². The summed E-state index contributed by atoms with van der Waals surface area (Å²) in [7, 11) is 0. The van der Waals surface area contributed by atoms with Gasteiger partial charge in [0.1, 0.15) is 0 Å². The van der Waals surface area contributed by atoms with Crippen LogP contribution in [0.1, 0.15) is 5.56 Å². The first-order chi connectivity index (χ1) is 3.79. The zero-order chi connectivity index (χ0) is 5.98. The molecule has 0 unspecified atom stereocenters. The molecule has 0 fully saturated rings. The summed E-state index contributed by atoms with van der Waals surface area (Å²) in [5.74, 6) is 0. The Hall–Kier alpha value is 0.276. The van der Waals surface area contributed by atoms with Crippen LogP contribution in [0, 0.1) is 13.0 Å². The maximum atomic E-state index is 5.62. The van der Waals surface area contributed by atoms with E-state index in [4.69, 9.17) is 11.6 Å². The molecule has 1 aromatic rings. The first-order valence-corrected chi connectivity index (χ1v) is 2.80. The Morgan fingerprint density at radius 1 is 1.56 bits per heavy atom. The van der Waals surface area contributed by atoms with Crippen LogP contribution in [0.3, 0.4) is 0 Å². The number of hydrogen-bond acceptors (Lipinski definition) is 0. The molecular weight excluding hydrogens is 144 g/mol. The molecule has 0 nitrogen and oxygen atoms in total. The third-order valence-corrected chi connectivity index (χ3v) is 1.14. The highest BCUT2D eigenvalue weighted by Crippen LogP contribution is 2.07. The van der Waals surface area contributed by atoms with Gasteiger partial charge in [0.25, 0.3) is 0 Å². The Morgan fingerprint density at radius 2 is 2.22 bits per heavy atom. The summed E-state index contributed by atoms with van der Waals surface area (Å²) in [5, 5.41) is 0.779. The van der Waals surface area contributed by atoms with Crippen molar-refractivity contribution in [3.63, 3.8) is 0 Å². The molecule has 0 spiro atoms. The van der Waals surface area contributed by atoms with Crippen LogP contribution in [-0.4, -0.2) is 23.1 Å². The largest absolute Gasteiger partial charge is 0.316 e. The minimum Gasteiger partial charge on any atom is -0.0843 e. The van der Waals surface area contributed by atoms with Crippen molar-refractivity contribution < 1.29 is 0 Å². The standard InChI is InChI=1S/C7H6Cl.Mg.2H/c1-6-3-2-4-7(8)5-6;;;/h2,4-5H,1H3;;;. The minimum absolute atomic E-state index is 0. The molecule has 9 heavy (non-hydrogen) atoms. The molecule has 45 valence electrons. The highest BCUT2D eigenvalue weighted by Gasteiger charge is 1.83. The normalized spacial score (nSPS) is 8.22. The molecule has 0 bridgehead atoms. The maximum absolute atomic E-state index is 5.62. The highest BCUT2D eigenvalue weighted by atomic mass is 35.5. The zero-order valence-electron chi connectivity index (χ0n) is 4.61. The minimum atomic E-state index is 0. The summed E-state index contributed by atoms with van der Waals surface area (Å²) in [6.45, 7) is 1.96. The zero-order valence-corrected chi connectivity index (χ0v) is 5.37. The van der Waals surface area contributed by atoms with E-state index in [2.05, 4.69) is 6.07 Å². The molecule has 1 radical (unpaired) electrons. The van der Waals surface area contributed by atoms with Crippen molar-refractivity contribution in [2.24, 2.45) is 0 Å². The predicted molar refractivity (Wildman–Crippen MR) is 43.6 cm³/mol. The van der Waals surface area contributed by atoms with Crippen LogP contribution in [0.25, 0.3) is 0 Å². The van der Waals surface area contributed by atoms with Crippen molar-refractivity contribution in [2.45, 2.75) is 6.92 Å². The van der Waals surface area contributed by atoms with Crippen LogP contribution in [-0.2, 0) is 0 Å². The fraction of sp³-hybridized carbons (Fsp3) is 0.143. The Bertz CT molecular complexity index is 169. The second-order valence-corrected chi connectivity index (χ2v) is 2.13. The lowest BCUT2D eigenvalue weighted by molar-refractivity contribution is 1.46. The van der Waals surface area contributed by atoms with Crippen molar-refractivity contribution in [3.8, 4) is 0 Å². The van der Waals surface area contributed by atoms with Crippen LogP contribution in [0.4, 0.5) is 0 Å². The lowest BCUT2D eigenvalue weighted by atomic mass is 10.2. The van der Waals surface area contributed by atoms with Crippen LogP contribution in [0.5, 0.6) is 0 Å². The average molecular weight is 152 g/mol. The van der Waals surface area contributed by atoms with Gasteiger partial charge in [-0.05, 0) is 30.7 Å². The fourth-order valence-electron chi connectivity index (χ4n) is 0.549. The van der Waals surface area contributed by atoms with Gasteiger partial charge in [0.15, 0.2) is 0 Å². The van der Waals surface area contributed by atoms with E-state index in [0.717, 1.165) is 10.6 Å². The van der Waals surface area contributed by atoms with Gasteiger partial charge in [-0.15, -0.1) is 0 Å². The lowest BCUT2D eigenvalue weighted by Gasteiger charge is -1.87. The predicted octanol–water partition coefficient (Wildman–Crippen LogP) is 1.53. The second-order valence-electron chi connectivity index (χ2n) is 1.69. The third kappa shape index (κ3) is 3.09. The number of aryl methyl sites for hydroxylation is 1. The Kier molecular flexibility index (Phi) is 4.28. The molecule has 0 atom stereocenters. The number of benzene rings is 1. The molecule has 2 heteroatoms. The molecule has 0 saturated carbocycles. The monoisotopic (exact) mass is 151 g/mol. The van der Waals surface area contributed by atoms with E-state index in [1.165, 1.54) is 0 Å². The third-order valence-electron chi connectivity index (χ3n) is 0.908. The Morgan fingerprint density at radius 3 is 2.56 bits per heavy atom. The lowest BCUT2D eigenvalue weighted by Crippen LogP contribution is -1.67. The van der Waals surface area contributed by atoms with Crippen molar-refractivity contribution >= 4 is 34.7 Å². The van der Waals surface area contributed by atoms with Crippen molar-refractivity contribution in [2.75, 3.05) is 0 Å². The highest BCUT2D eigenvalue weighted by molar-refractivity contribution is 6.30. The van der Waals surface area contributed by atoms with Gasteiger partial charge in [-0.3, -0.25) is 0 Å². The molecule has 1 aromatic carbocycles. The Balaban J connectivity index is 0.000000640. The number of hydrogen-bond donors (Lipinski definition) is 0. The molecule has 0 saturated heterocycles. The van der Waals surface area contributed by atoms with E-state index in [0.29, 0.717) is 0 Å². The van der Waals surface area contributed by atoms with Gasteiger partial charge in [-0.25, -0.2) is 0 Å². The van der Waals surface area contributed by atoms with E-state index in [1.807, 2.05) is 25.1 Å². The average Bonchev–Trinajstić information content (AvgIpc) is 1.64. The topological polar surface area (TPSA) is 0 Å². The van der Waals surface area contributed by atoms with E-state index < -0.39 is 0 Å². The van der Waals surface area contributed by atoms with E-state index in [-0.39, 0.29) is 23.1 Å². The van der Waals surface area contributed by atoms with E-state index in [1.54, 1.807) is 0 Å². The summed E-state index contributed by atoms with van der Waals surface area (Å²) in [5.41, 5.74) is 1.08. The molecule has 0 aliphatic heterocycles. The quantitative estimate of drug-likeness (QED) is 0.494. The molecule has 0 amide bonds. The van der Waals surface area contributed by atoms with Gasteiger partial charge in [0.05, 0.1) is 0 Å². The SMILES string of the molecule is Cc1[c]ccc(Cl)c1.[MgH2]. The van der Waals surface area contributed by atoms with Crippen LogP contribution in [0.15, 0.2) is 18.2 Å². The molecule has 0 N–H and O–H groups in total. The van der Waals surface area contributed by atoms with Gasteiger partial charge < -0.3 is 0 Å². The van der Waals surface area contributed by atoms with Crippen molar-refractivity contribution in [1.82, 2.24) is 0 Å². The molecule has 0 aliphatic rings. The smallest absolute Gasteiger partial charge is 0.0843 e. The van der Waals surface area contributed by atoms with Crippen molar-refractivity contribution in [1.29, 1.82) is 0 Å². The first-order valence-electron chi connectivity index (χ1n) is 2.43. The summed E-state index contributed by atoms with van der Waals surface area (Å²) in [6.07, 6.45) is 0. The maximum Gasteiger partial charge on any atom is 0.316 e. The summed E-state index contributed by atoms with van der Waals surface area (Å²) < 4.78 is 0. The molecule has 0 aliphatic carbocycles. The number of rotatable bonds is 0. The van der Waals surface area contributed by atoms with Crippen LogP contribution in [0.2, 0.25) is 5.02 Å². The van der Waals surface area contributed by atoms with Gasteiger partial charge in [0, 0.05) is 5.02 Å². The summed E-state index contributed by atoms with van der Waals surface area (Å²) >= 11 is 5.62. The number of halogens is 1. The molecule has 0 heterocycles. The van der Waals surface area contributed by atoms with Crippen molar-refractivity contribution in [3.05, 3.63) is 34.9 Å². The molecule has 1 rings (SSSR count). The van der Waals surface area contributed by atoms with Gasteiger partial charge in [-0.2, -0.15) is 0 Å². The second kappa shape index (κ2) is 4.15. The van der Waals surface area contributed by atoms with Crippen LogP contribution < -0.4 is 0 Å². The molecule has 0 aromatic heterocycles. The van der Waals surface area contributed by atoms with E-state index in [9.17, 15) is 0 Å². The first kappa shape index (κ1) is 9.28. The fourth-order valence-corrected chi connectivity index (χ4v) is 0.776. The van der Waals surface area contributed by atoms with Crippen LogP contribution >= 0.6 is 11.6 Å². The van der Waals surface area contributed by atoms with Gasteiger partial charge in [-0.1, -0.05) is 17.7 Å². The molecular formula is C7H8ClMg.